The minimum absolute atomic E-state index is 0.119. The van der Waals surface area contributed by atoms with E-state index in [1.807, 2.05) is 30.3 Å². The second kappa shape index (κ2) is 5.67. The van der Waals surface area contributed by atoms with Crippen LogP contribution in [-0.4, -0.2) is 24.5 Å². The fourth-order valence-electron chi connectivity index (χ4n) is 3.62. The first-order valence-corrected chi connectivity index (χ1v) is 8.26. The maximum atomic E-state index is 13.1. The van der Waals surface area contributed by atoms with E-state index in [1.54, 1.807) is 38.3 Å². The van der Waals surface area contributed by atoms with E-state index in [4.69, 9.17) is 9.47 Å². The SMILES string of the molecule is CO[C@@]1(C)C[C@H](c2ccccc2)C2=C(O1)C(=O)c1ccccc1C2=O. The van der Waals surface area contributed by atoms with Gasteiger partial charge in [-0.15, -0.1) is 0 Å². The van der Waals surface area contributed by atoms with Crippen LogP contribution in [-0.2, 0) is 9.47 Å². The molecule has 2 aromatic carbocycles. The molecule has 4 nitrogen and oxygen atoms in total. The van der Waals surface area contributed by atoms with Crippen molar-refractivity contribution in [2.75, 3.05) is 7.11 Å². The summed E-state index contributed by atoms with van der Waals surface area (Å²) in [5, 5.41) is 0. The second-order valence-corrected chi connectivity index (χ2v) is 6.55. The van der Waals surface area contributed by atoms with Gasteiger partial charge in [-0.3, -0.25) is 9.59 Å². The van der Waals surface area contributed by atoms with Crippen LogP contribution in [0.5, 0.6) is 0 Å². The summed E-state index contributed by atoms with van der Waals surface area (Å²) in [6.07, 6.45) is 0.466. The molecule has 1 aliphatic heterocycles. The van der Waals surface area contributed by atoms with Crippen molar-refractivity contribution in [3.63, 3.8) is 0 Å². The van der Waals surface area contributed by atoms with Crippen molar-refractivity contribution in [2.24, 2.45) is 0 Å². The van der Waals surface area contributed by atoms with Crippen LogP contribution in [0.1, 0.15) is 45.5 Å². The van der Waals surface area contributed by atoms with Crippen LogP contribution in [0.4, 0.5) is 0 Å². The van der Waals surface area contributed by atoms with Crippen molar-refractivity contribution < 1.29 is 19.1 Å². The van der Waals surface area contributed by atoms with Crippen LogP contribution in [0, 0.1) is 0 Å². The highest BCUT2D eigenvalue weighted by molar-refractivity contribution is 6.26. The van der Waals surface area contributed by atoms with Gasteiger partial charge in [0.05, 0.1) is 5.57 Å². The molecule has 0 amide bonds. The number of benzene rings is 2. The molecule has 0 aromatic heterocycles. The standard InChI is InChI=1S/C21H18O4/c1-21(24-2)12-16(13-8-4-3-5-9-13)17-18(22)14-10-6-7-11-15(14)19(23)20(17)25-21/h3-11,16H,12H2,1-2H3/t16-,21-/m1/s1. The third kappa shape index (κ3) is 2.41. The van der Waals surface area contributed by atoms with Gasteiger partial charge in [0.2, 0.25) is 11.6 Å². The normalized spacial score (nSPS) is 25.3. The number of rotatable bonds is 2. The summed E-state index contributed by atoms with van der Waals surface area (Å²) in [6.45, 7) is 1.80. The number of hydrogen-bond acceptors (Lipinski definition) is 4. The Kier molecular flexibility index (Phi) is 3.58. The van der Waals surface area contributed by atoms with Crippen molar-refractivity contribution in [2.45, 2.75) is 25.0 Å². The number of ketones is 2. The number of carbonyl (C=O) groups is 2. The molecule has 126 valence electrons. The number of fused-ring (bicyclic) bond motifs is 1. The Morgan fingerprint density at radius 1 is 0.960 bits per heavy atom. The number of allylic oxidation sites excluding steroid dienone is 2. The summed E-state index contributed by atoms with van der Waals surface area (Å²) in [7, 11) is 1.55. The first kappa shape index (κ1) is 15.8. The van der Waals surface area contributed by atoms with Gasteiger partial charge in [-0.05, 0) is 5.56 Å². The first-order chi connectivity index (χ1) is 12.0. The molecule has 2 atom stereocenters. The van der Waals surface area contributed by atoms with Gasteiger partial charge >= 0.3 is 0 Å². The molecule has 4 heteroatoms. The van der Waals surface area contributed by atoms with Crippen LogP contribution in [0.2, 0.25) is 0 Å². The summed E-state index contributed by atoms with van der Waals surface area (Å²) < 4.78 is 11.4. The largest absolute Gasteiger partial charge is 0.458 e. The van der Waals surface area contributed by atoms with Crippen molar-refractivity contribution in [3.05, 3.63) is 82.6 Å². The minimum Gasteiger partial charge on any atom is -0.458 e. The highest BCUT2D eigenvalue weighted by Gasteiger charge is 2.47. The molecule has 0 fully saturated rings. The molecule has 0 unspecified atom stereocenters. The van der Waals surface area contributed by atoms with Gasteiger partial charge in [-0.1, -0.05) is 54.6 Å². The predicted molar refractivity (Wildman–Crippen MR) is 92.4 cm³/mol. The van der Waals surface area contributed by atoms with E-state index in [2.05, 4.69) is 0 Å². The Morgan fingerprint density at radius 3 is 2.20 bits per heavy atom. The number of carbonyl (C=O) groups excluding carboxylic acids is 2. The Morgan fingerprint density at radius 2 is 1.56 bits per heavy atom. The summed E-state index contributed by atoms with van der Waals surface area (Å²) in [4.78, 5) is 26.1. The first-order valence-electron chi connectivity index (χ1n) is 8.26. The maximum absolute atomic E-state index is 13.1. The Balaban J connectivity index is 1.93. The average molecular weight is 334 g/mol. The number of Topliss-reactive ketones (excluding diaryl/α,β-unsaturated/α-hetero) is 2. The van der Waals surface area contributed by atoms with E-state index in [1.165, 1.54) is 0 Å². The Labute approximate surface area is 146 Å². The lowest BCUT2D eigenvalue weighted by Crippen LogP contribution is -2.42. The molecule has 0 N–H and O–H groups in total. The Hall–Kier alpha value is -2.72. The second-order valence-electron chi connectivity index (χ2n) is 6.55. The van der Waals surface area contributed by atoms with Crippen molar-refractivity contribution in [3.8, 4) is 0 Å². The van der Waals surface area contributed by atoms with Gasteiger partial charge in [0.25, 0.3) is 0 Å². The molecule has 0 radical (unpaired) electrons. The predicted octanol–water partition coefficient (Wildman–Crippen LogP) is 3.89. The zero-order valence-corrected chi connectivity index (χ0v) is 14.1. The topological polar surface area (TPSA) is 52.6 Å². The smallest absolute Gasteiger partial charge is 0.228 e. The Bertz CT molecular complexity index is 897. The highest BCUT2D eigenvalue weighted by atomic mass is 16.7. The minimum atomic E-state index is -0.957. The zero-order valence-electron chi connectivity index (χ0n) is 14.1. The van der Waals surface area contributed by atoms with E-state index in [-0.39, 0.29) is 23.2 Å². The van der Waals surface area contributed by atoms with E-state index < -0.39 is 5.79 Å². The van der Waals surface area contributed by atoms with Crippen LogP contribution in [0.25, 0.3) is 0 Å². The summed E-state index contributed by atoms with van der Waals surface area (Å²) in [6, 6.07) is 16.6. The van der Waals surface area contributed by atoms with Crippen molar-refractivity contribution in [1.82, 2.24) is 0 Å². The zero-order chi connectivity index (χ0) is 17.6. The van der Waals surface area contributed by atoms with Gasteiger partial charge in [0.15, 0.2) is 11.5 Å². The van der Waals surface area contributed by atoms with Crippen LogP contribution >= 0.6 is 0 Å². The van der Waals surface area contributed by atoms with Gasteiger partial charge in [-0.2, -0.15) is 0 Å². The van der Waals surface area contributed by atoms with Gasteiger partial charge in [0, 0.05) is 37.5 Å². The lowest BCUT2D eigenvalue weighted by molar-refractivity contribution is -0.196. The molecule has 2 aliphatic rings. The summed E-state index contributed by atoms with van der Waals surface area (Å²) in [5.41, 5.74) is 2.24. The molecule has 4 rings (SSSR count). The van der Waals surface area contributed by atoms with E-state index in [0.717, 1.165) is 5.56 Å². The maximum Gasteiger partial charge on any atom is 0.228 e. The monoisotopic (exact) mass is 334 g/mol. The molecular weight excluding hydrogens is 316 g/mol. The molecular formula is C21H18O4. The summed E-state index contributed by atoms with van der Waals surface area (Å²) in [5.74, 6) is -1.49. The van der Waals surface area contributed by atoms with E-state index in [9.17, 15) is 9.59 Å². The van der Waals surface area contributed by atoms with Crippen LogP contribution in [0.3, 0.4) is 0 Å². The number of hydrogen-bond donors (Lipinski definition) is 0. The highest BCUT2D eigenvalue weighted by Crippen LogP contribution is 2.46. The average Bonchev–Trinajstić information content (AvgIpc) is 2.66. The quantitative estimate of drug-likeness (QED) is 0.836. The van der Waals surface area contributed by atoms with Crippen molar-refractivity contribution >= 4 is 11.6 Å². The molecule has 0 bridgehead atoms. The van der Waals surface area contributed by atoms with Gasteiger partial charge in [0.1, 0.15) is 0 Å². The molecule has 0 spiro atoms. The lowest BCUT2D eigenvalue weighted by atomic mass is 9.75. The van der Waals surface area contributed by atoms with Crippen LogP contribution < -0.4 is 0 Å². The van der Waals surface area contributed by atoms with E-state index >= 15 is 0 Å². The molecule has 0 saturated carbocycles. The summed E-state index contributed by atoms with van der Waals surface area (Å²) >= 11 is 0. The van der Waals surface area contributed by atoms with Gasteiger partial charge in [-0.25, -0.2) is 0 Å². The third-order valence-electron chi connectivity index (χ3n) is 4.99. The fourth-order valence-corrected chi connectivity index (χ4v) is 3.62. The molecule has 1 heterocycles. The molecule has 25 heavy (non-hydrogen) atoms. The van der Waals surface area contributed by atoms with E-state index in [0.29, 0.717) is 23.1 Å². The van der Waals surface area contributed by atoms with Crippen molar-refractivity contribution in [1.29, 1.82) is 0 Å². The van der Waals surface area contributed by atoms with Gasteiger partial charge < -0.3 is 9.47 Å². The fraction of sp³-hybridized carbons (Fsp3) is 0.238. The lowest BCUT2D eigenvalue weighted by Gasteiger charge is -2.40. The number of ether oxygens (including phenoxy) is 2. The third-order valence-corrected chi connectivity index (χ3v) is 4.99. The number of methoxy groups -OCH3 is 1. The molecule has 1 aliphatic carbocycles. The molecule has 2 aromatic rings. The van der Waals surface area contributed by atoms with Crippen LogP contribution in [0.15, 0.2) is 65.9 Å². The molecule has 0 saturated heterocycles.